The fourth-order valence-corrected chi connectivity index (χ4v) is 1.52. The van der Waals surface area contributed by atoms with Gasteiger partial charge in [-0.1, -0.05) is 19.1 Å². The number of hydrogen-bond donors (Lipinski definition) is 3. The number of rotatable bonds is 5. The van der Waals surface area contributed by atoms with E-state index in [0.29, 0.717) is 11.3 Å². The molecule has 2 unspecified atom stereocenters. The summed E-state index contributed by atoms with van der Waals surface area (Å²) in [6, 6.07) is 6.23. The molecule has 1 aromatic carbocycles. The Labute approximate surface area is 99.3 Å². The Morgan fingerprint density at radius 2 is 1.94 bits per heavy atom. The number of aliphatic hydroxyl groups excluding tert-OH is 1. The molecule has 94 valence electrons. The maximum absolute atomic E-state index is 11.0. The van der Waals surface area contributed by atoms with Crippen LogP contribution >= 0.6 is 0 Å². The van der Waals surface area contributed by atoms with Gasteiger partial charge in [0.2, 0.25) is 0 Å². The highest BCUT2D eigenvalue weighted by Gasteiger charge is 2.42. The van der Waals surface area contributed by atoms with Crippen LogP contribution < -0.4 is 4.74 Å². The van der Waals surface area contributed by atoms with E-state index in [0.717, 1.165) is 0 Å². The summed E-state index contributed by atoms with van der Waals surface area (Å²) in [6.45, 7) is 1.50. The summed E-state index contributed by atoms with van der Waals surface area (Å²) in [6.07, 6.45) is -1.56. The van der Waals surface area contributed by atoms with E-state index in [1.807, 2.05) is 0 Å². The molecule has 0 saturated carbocycles. The molecule has 0 bridgehead atoms. The summed E-state index contributed by atoms with van der Waals surface area (Å²) in [5.74, 6) is -0.848. The minimum absolute atomic E-state index is 0.0878. The van der Waals surface area contributed by atoms with Crippen LogP contribution in [0.2, 0.25) is 0 Å². The number of carboxylic acid groups (broad SMARTS) is 1. The molecule has 3 N–H and O–H groups in total. The van der Waals surface area contributed by atoms with Crippen molar-refractivity contribution >= 4 is 5.97 Å². The number of carbonyl (C=O) groups is 1. The molecule has 2 atom stereocenters. The van der Waals surface area contributed by atoms with Crippen LogP contribution in [0.4, 0.5) is 0 Å². The monoisotopic (exact) mass is 240 g/mol. The molecule has 0 aliphatic carbocycles. The highest BCUT2D eigenvalue weighted by Crippen LogP contribution is 2.30. The largest absolute Gasteiger partial charge is 0.497 e. The van der Waals surface area contributed by atoms with Crippen molar-refractivity contribution in [3.63, 3.8) is 0 Å². The van der Waals surface area contributed by atoms with Crippen LogP contribution in [0, 0.1) is 0 Å². The quantitative estimate of drug-likeness (QED) is 0.713. The average Bonchev–Trinajstić information content (AvgIpc) is 2.36. The molecule has 0 fully saturated rings. The van der Waals surface area contributed by atoms with Crippen molar-refractivity contribution < 1.29 is 24.9 Å². The van der Waals surface area contributed by atoms with Crippen molar-refractivity contribution in [2.24, 2.45) is 0 Å². The predicted octanol–water partition coefficient (Wildman–Crippen LogP) is 0.954. The van der Waals surface area contributed by atoms with E-state index >= 15 is 0 Å². The first-order valence-corrected chi connectivity index (χ1v) is 5.23. The first-order valence-electron chi connectivity index (χ1n) is 5.23. The topological polar surface area (TPSA) is 87.0 Å². The highest BCUT2D eigenvalue weighted by atomic mass is 16.5. The Bertz CT molecular complexity index is 386. The predicted molar refractivity (Wildman–Crippen MR) is 60.8 cm³/mol. The van der Waals surface area contributed by atoms with Crippen molar-refractivity contribution in [3.05, 3.63) is 29.8 Å². The van der Waals surface area contributed by atoms with Gasteiger partial charge in [-0.25, -0.2) is 4.79 Å². The van der Waals surface area contributed by atoms with Crippen molar-refractivity contribution in [3.8, 4) is 5.75 Å². The zero-order valence-electron chi connectivity index (χ0n) is 9.75. The first-order chi connectivity index (χ1) is 7.95. The molecule has 5 nitrogen and oxygen atoms in total. The number of ether oxygens (including phenoxy) is 1. The summed E-state index contributed by atoms with van der Waals surface area (Å²) < 4.78 is 4.95. The Hall–Kier alpha value is -1.59. The van der Waals surface area contributed by atoms with Crippen LogP contribution in [0.25, 0.3) is 0 Å². The molecule has 0 amide bonds. The van der Waals surface area contributed by atoms with Crippen molar-refractivity contribution in [1.82, 2.24) is 0 Å². The molecule has 1 aromatic rings. The highest BCUT2D eigenvalue weighted by molar-refractivity contribution is 5.78. The van der Waals surface area contributed by atoms with Crippen LogP contribution in [0.3, 0.4) is 0 Å². The second-order valence-electron chi connectivity index (χ2n) is 3.76. The van der Waals surface area contributed by atoms with Crippen LogP contribution in [0.5, 0.6) is 5.75 Å². The fraction of sp³-hybridized carbons (Fsp3) is 0.417. The van der Waals surface area contributed by atoms with Crippen molar-refractivity contribution in [2.75, 3.05) is 7.11 Å². The molecule has 5 heteroatoms. The minimum atomic E-state index is -2.17. The zero-order valence-corrected chi connectivity index (χ0v) is 9.75. The number of aliphatic hydroxyl groups is 2. The van der Waals surface area contributed by atoms with E-state index in [-0.39, 0.29) is 6.42 Å². The van der Waals surface area contributed by atoms with Gasteiger partial charge in [0.15, 0.2) is 5.60 Å². The second kappa shape index (κ2) is 5.16. The van der Waals surface area contributed by atoms with Crippen LogP contribution in [-0.4, -0.2) is 34.0 Å². The standard InChI is InChI=1S/C12H16O5/c1-3-12(16,11(14)15)10(13)8-4-6-9(17-2)7-5-8/h4-7,10,13,16H,3H2,1-2H3,(H,14,15). The van der Waals surface area contributed by atoms with Gasteiger partial charge < -0.3 is 20.1 Å². The van der Waals surface area contributed by atoms with E-state index in [1.165, 1.54) is 26.2 Å². The number of carboxylic acids is 1. The van der Waals surface area contributed by atoms with E-state index < -0.39 is 17.7 Å². The van der Waals surface area contributed by atoms with Gasteiger partial charge in [-0.2, -0.15) is 0 Å². The Morgan fingerprint density at radius 3 is 2.29 bits per heavy atom. The van der Waals surface area contributed by atoms with E-state index in [1.54, 1.807) is 12.1 Å². The molecule has 1 rings (SSSR count). The van der Waals surface area contributed by atoms with E-state index in [9.17, 15) is 15.0 Å². The second-order valence-corrected chi connectivity index (χ2v) is 3.76. The molecular formula is C12H16O5. The van der Waals surface area contributed by atoms with Gasteiger partial charge in [-0.15, -0.1) is 0 Å². The lowest BCUT2D eigenvalue weighted by molar-refractivity contribution is -0.173. The van der Waals surface area contributed by atoms with Gasteiger partial charge >= 0.3 is 5.97 Å². The third-order valence-corrected chi connectivity index (χ3v) is 2.79. The third kappa shape index (κ3) is 2.57. The fourth-order valence-electron chi connectivity index (χ4n) is 1.52. The molecule has 0 aliphatic rings. The molecule has 0 heterocycles. The summed E-state index contributed by atoms with van der Waals surface area (Å²) in [5.41, 5.74) is -1.84. The molecule has 0 radical (unpaired) electrons. The molecule has 0 aromatic heterocycles. The summed E-state index contributed by atoms with van der Waals surface area (Å²) in [7, 11) is 1.51. The summed E-state index contributed by atoms with van der Waals surface area (Å²) >= 11 is 0. The number of aliphatic carboxylic acids is 1. The van der Waals surface area contributed by atoms with E-state index in [4.69, 9.17) is 9.84 Å². The van der Waals surface area contributed by atoms with Gasteiger partial charge in [-0.05, 0) is 24.1 Å². The number of benzene rings is 1. The van der Waals surface area contributed by atoms with Crippen LogP contribution in [0.1, 0.15) is 25.0 Å². The summed E-state index contributed by atoms with van der Waals surface area (Å²) in [5, 5.41) is 28.7. The normalized spacial score (nSPS) is 16.0. The lowest BCUT2D eigenvalue weighted by Gasteiger charge is -2.27. The smallest absolute Gasteiger partial charge is 0.338 e. The van der Waals surface area contributed by atoms with Gasteiger partial charge in [0, 0.05) is 0 Å². The van der Waals surface area contributed by atoms with Crippen molar-refractivity contribution in [2.45, 2.75) is 25.0 Å². The van der Waals surface area contributed by atoms with E-state index in [2.05, 4.69) is 0 Å². The average molecular weight is 240 g/mol. The van der Waals surface area contributed by atoms with Gasteiger partial charge in [0.1, 0.15) is 11.9 Å². The number of methoxy groups -OCH3 is 1. The lowest BCUT2D eigenvalue weighted by Crippen LogP contribution is -2.43. The molecular weight excluding hydrogens is 224 g/mol. The lowest BCUT2D eigenvalue weighted by atomic mass is 9.89. The molecule has 0 saturated heterocycles. The van der Waals surface area contributed by atoms with Crippen molar-refractivity contribution in [1.29, 1.82) is 0 Å². The first kappa shape index (κ1) is 13.5. The van der Waals surface area contributed by atoms with Gasteiger partial charge in [0.05, 0.1) is 7.11 Å². The van der Waals surface area contributed by atoms with Gasteiger partial charge in [0.25, 0.3) is 0 Å². The molecule has 0 spiro atoms. The molecule has 17 heavy (non-hydrogen) atoms. The Morgan fingerprint density at radius 1 is 1.41 bits per heavy atom. The maximum Gasteiger partial charge on any atom is 0.338 e. The number of hydrogen-bond acceptors (Lipinski definition) is 4. The van der Waals surface area contributed by atoms with Gasteiger partial charge in [-0.3, -0.25) is 0 Å². The Kier molecular flexibility index (Phi) is 4.09. The summed E-state index contributed by atoms with van der Waals surface area (Å²) in [4.78, 5) is 11.0. The minimum Gasteiger partial charge on any atom is -0.497 e. The molecule has 0 aliphatic heterocycles. The maximum atomic E-state index is 11.0. The zero-order chi connectivity index (χ0) is 13.1. The van der Waals surface area contributed by atoms with Crippen LogP contribution in [-0.2, 0) is 4.79 Å². The Balaban J connectivity index is 3.01. The SMILES string of the molecule is CCC(O)(C(=O)O)C(O)c1ccc(OC)cc1. The van der Waals surface area contributed by atoms with Crippen LogP contribution in [0.15, 0.2) is 24.3 Å². The third-order valence-electron chi connectivity index (χ3n) is 2.79.